The number of carbonyl (C=O) groups excluding carboxylic acids is 2. The maximum atomic E-state index is 12.4. The van der Waals surface area contributed by atoms with Crippen LogP contribution in [0.25, 0.3) is 0 Å². The first-order valence-electron chi connectivity index (χ1n) is 8.39. The zero-order valence-electron chi connectivity index (χ0n) is 14.9. The third kappa shape index (κ3) is 5.76. The van der Waals surface area contributed by atoms with Gasteiger partial charge in [0, 0.05) is 6.92 Å². The largest absolute Gasteiger partial charge is 0.463 e. The summed E-state index contributed by atoms with van der Waals surface area (Å²) in [5.74, 6) is 0.565. The van der Waals surface area contributed by atoms with Crippen LogP contribution in [-0.4, -0.2) is 32.5 Å². The summed E-state index contributed by atoms with van der Waals surface area (Å²) in [6.45, 7) is 1.92. The van der Waals surface area contributed by atoms with Gasteiger partial charge in [0.1, 0.15) is 0 Å². The molecule has 1 heterocycles. The number of quaternary nitrogens is 1. The summed E-state index contributed by atoms with van der Waals surface area (Å²) < 4.78 is 5.46. The fourth-order valence-electron chi connectivity index (χ4n) is 2.74. The highest BCUT2D eigenvalue weighted by Gasteiger charge is 2.23. The highest BCUT2D eigenvalue weighted by Crippen LogP contribution is 2.16. The molecule has 25 heavy (non-hydrogen) atoms. The van der Waals surface area contributed by atoms with Crippen molar-refractivity contribution in [1.29, 1.82) is 0 Å². The van der Waals surface area contributed by atoms with E-state index in [-0.39, 0.29) is 30.3 Å². The van der Waals surface area contributed by atoms with E-state index < -0.39 is 0 Å². The third-order valence-electron chi connectivity index (χ3n) is 4.06. The standard InChI is InChI=1S/C19H25N3O3/c1-14(23)21-16(15-8-5-4-6-9-15)12-19(24)20-13-17(22(2)3)18-10-7-11-25-18/h4-11,16-17H,12-13H2,1-3H3,(H,20,24)(H,21,23)/p+1/t16-,17-/m0/s1. The van der Waals surface area contributed by atoms with Crippen LogP contribution in [0.1, 0.15) is 36.8 Å². The van der Waals surface area contributed by atoms with Crippen LogP contribution in [0.5, 0.6) is 0 Å². The molecule has 0 bridgehead atoms. The Morgan fingerprint density at radius 2 is 1.84 bits per heavy atom. The third-order valence-corrected chi connectivity index (χ3v) is 4.06. The zero-order valence-corrected chi connectivity index (χ0v) is 14.9. The fourth-order valence-corrected chi connectivity index (χ4v) is 2.74. The number of nitrogens with one attached hydrogen (secondary N) is 3. The van der Waals surface area contributed by atoms with Crippen LogP contribution in [0.4, 0.5) is 0 Å². The maximum absolute atomic E-state index is 12.4. The van der Waals surface area contributed by atoms with Gasteiger partial charge in [-0.05, 0) is 17.7 Å². The molecular formula is C19H26N3O3+. The number of carbonyl (C=O) groups is 2. The van der Waals surface area contributed by atoms with Crippen molar-refractivity contribution >= 4 is 11.8 Å². The molecule has 0 aliphatic heterocycles. The smallest absolute Gasteiger partial charge is 0.222 e. The summed E-state index contributed by atoms with van der Waals surface area (Å²) in [5, 5.41) is 5.80. The normalized spacial score (nSPS) is 13.3. The molecule has 134 valence electrons. The number of rotatable bonds is 8. The van der Waals surface area contributed by atoms with Gasteiger partial charge < -0.3 is 20.0 Å². The van der Waals surface area contributed by atoms with E-state index in [0.717, 1.165) is 16.2 Å². The van der Waals surface area contributed by atoms with Crippen LogP contribution in [0.3, 0.4) is 0 Å². The van der Waals surface area contributed by atoms with Crippen LogP contribution in [0.15, 0.2) is 53.1 Å². The van der Waals surface area contributed by atoms with Gasteiger partial charge in [0.05, 0.1) is 39.4 Å². The molecule has 1 aromatic heterocycles. The van der Waals surface area contributed by atoms with Crippen molar-refractivity contribution in [2.75, 3.05) is 20.6 Å². The summed E-state index contributed by atoms with van der Waals surface area (Å²) in [5.41, 5.74) is 0.911. The lowest BCUT2D eigenvalue weighted by Gasteiger charge is -2.21. The van der Waals surface area contributed by atoms with Crippen LogP contribution in [-0.2, 0) is 9.59 Å². The first-order chi connectivity index (χ1) is 12.0. The Kier molecular flexibility index (Phi) is 6.77. The minimum absolute atomic E-state index is 0.0369. The van der Waals surface area contributed by atoms with Gasteiger partial charge in [-0.25, -0.2) is 0 Å². The van der Waals surface area contributed by atoms with Crippen molar-refractivity contribution in [1.82, 2.24) is 10.6 Å². The predicted octanol–water partition coefficient (Wildman–Crippen LogP) is 0.849. The first-order valence-corrected chi connectivity index (χ1v) is 8.39. The van der Waals surface area contributed by atoms with Crippen LogP contribution >= 0.6 is 0 Å². The summed E-state index contributed by atoms with van der Waals surface area (Å²) in [4.78, 5) is 25.0. The van der Waals surface area contributed by atoms with Gasteiger partial charge in [-0.2, -0.15) is 0 Å². The molecule has 0 aliphatic rings. The van der Waals surface area contributed by atoms with Crippen LogP contribution in [0.2, 0.25) is 0 Å². The highest BCUT2D eigenvalue weighted by atomic mass is 16.3. The van der Waals surface area contributed by atoms with Gasteiger partial charge in [-0.15, -0.1) is 0 Å². The molecule has 0 saturated heterocycles. The molecule has 6 heteroatoms. The first kappa shape index (κ1) is 18.7. The van der Waals surface area contributed by atoms with E-state index in [1.54, 1.807) is 6.26 Å². The number of likely N-dealkylation sites (N-methyl/N-ethyl adjacent to an activating group) is 1. The zero-order chi connectivity index (χ0) is 18.2. The van der Waals surface area contributed by atoms with E-state index in [4.69, 9.17) is 4.42 Å². The Morgan fingerprint density at radius 1 is 1.12 bits per heavy atom. The molecule has 0 aliphatic carbocycles. The summed E-state index contributed by atoms with van der Waals surface area (Å²) in [6, 6.07) is 13.0. The lowest BCUT2D eigenvalue weighted by molar-refractivity contribution is -0.891. The highest BCUT2D eigenvalue weighted by molar-refractivity contribution is 5.79. The number of hydrogen-bond donors (Lipinski definition) is 3. The van der Waals surface area contributed by atoms with Gasteiger partial charge in [-0.1, -0.05) is 30.3 Å². The van der Waals surface area contributed by atoms with Gasteiger partial charge in [0.25, 0.3) is 0 Å². The molecule has 0 saturated carbocycles. The Hall–Kier alpha value is -2.60. The predicted molar refractivity (Wildman–Crippen MR) is 94.9 cm³/mol. The SMILES string of the molecule is CC(=O)N[C@@H](CC(=O)NC[C@@H](c1ccco1)[NH+](C)C)c1ccccc1. The lowest BCUT2D eigenvalue weighted by Crippen LogP contribution is -3.07. The van der Waals surface area contributed by atoms with E-state index in [0.29, 0.717) is 6.54 Å². The van der Waals surface area contributed by atoms with Crippen molar-refractivity contribution in [3.8, 4) is 0 Å². The molecule has 0 spiro atoms. The lowest BCUT2D eigenvalue weighted by atomic mass is 10.0. The Bertz CT molecular complexity index is 668. The van der Waals surface area contributed by atoms with E-state index in [1.807, 2.05) is 56.6 Å². The van der Waals surface area contributed by atoms with Gasteiger partial charge in [0.2, 0.25) is 11.8 Å². The average Bonchev–Trinajstić information content (AvgIpc) is 3.08. The summed E-state index contributed by atoms with van der Waals surface area (Å²) in [6.07, 6.45) is 1.83. The molecule has 2 rings (SSSR count). The fraction of sp³-hybridized carbons (Fsp3) is 0.368. The number of furan rings is 1. The Balaban J connectivity index is 1.97. The Morgan fingerprint density at radius 3 is 2.40 bits per heavy atom. The average molecular weight is 344 g/mol. The van der Waals surface area contributed by atoms with Crippen molar-refractivity contribution in [3.05, 3.63) is 60.1 Å². The van der Waals surface area contributed by atoms with Gasteiger partial charge in [0.15, 0.2) is 11.8 Å². The van der Waals surface area contributed by atoms with E-state index in [9.17, 15) is 9.59 Å². The molecule has 3 N–H and O–H groups in total. The molecule has 6 nitrogen and oxygen atoms in total. The second-order valence-corrected chi connectivity index (χ2v) is 6.32. The topological polar surface area (TPSA) is 75.8 Å². The molecule has 1 aromatic carbocycles. The number of amides is 2. The second kappa shape index (κ2) is 9.03. The summed E-state index contributed by atoms with van der Waals surface area (Å²) >= 11 is 0. The quantitative estimate of drug-likeness (QED) is 0.664. The number of hydrogen-bond acceptors (Lipinski definition) is 3. The molecule has 2 aromatic rings. The molecule has 0 unspecified atom stereocenters. The number of benzene rings is 1. The minimum Gasteiger partial charge on any atom is -0.463 e. The maximum Gasteiger partial charge on any atom is 0.222 e. The van der Waals surface area contributed by atoms with Gasteiger partial charge >= 0.3 is 0 Å². The monoisotopic (exact) mass is 344 g/mol. The molecule has 2 amide bonds. The molecule has 0 radical (unpaired) electrons. The van der Waals surface area contributed by atoms with Crippen LogP contribution in [0, 0.1) is 0 Å². The van der Waals surface area contributed by atoms with E-state index >= 15 is 0 Å². The molecule has 0 fully saturated rings. The minimum atomic E-state index is -0.340. The molecule has 2 atom stereocenters. The Labute approximate surface area is 148 Å². The van der Waals surface area contributed by atoms with Crippen LogP contribution < -0.4 is 15.5 Å². The van der Waals surface area contributed by atoms with Gasteiger partial charge in [-0.3, -0.25) is 9.59 Å². The van der Waals surface area contributed by atoms with Crippen molar-refractivity contribution in [2.45, 2.75) is 25.4 Å². The summed E-state index contributed by atoms with van der Waals surface area (Å²) in [7, 11) is 4.03. The second-order valence-electron chi connectivity index (χ2n) is 6.32. The molecular weight excluding hydrogens is 318 g/mol. The van der Waals surface area contributed by atoms with Crippen molar-refractivity contribution in [2.24, 2.45) is 0 Å². The van der Waals surface area contributed by atoms with E-state index in [2.05, 4.69) is 10.6 Å². The van der Waals surface area contributed by atoms with E-state index in [1.165, 1.54) is 6.92 Å². The van der Waals surface area contributed by atoms with Crippen molar-refractivity contribution < 1.29 is 18.9 Å². The van der Waals surface area contributed by atoms with Crippen molar-refractivity contribution in [3.63, 3.8) is 0 Å².